The van der Waals surface area contributed by atoms with E-state index in [4.69, 9.17) is 4.74 Å². The molecule has 1 amide bonds. The molecule has 0 aliphatic heterocycles. The van der Waals surface area contributed by atoms with E-state index >= 15 is 0 Å². The molecule has 1 heterocycles. The number of H-pyrrole nitrogens is 1. The Balaban J connectivity index is 1.51. The molecule has 0 aliphatic rings. The van der Waals surface area contributed by atoms with Crippen LogP contribution >= 0.6 is 0 Å². The number of rotatable bonds is 6. The Morgan fingerprint density at radius 3 is 2.70 bits per heavy atom. The van der Waals surface area contributed by atoms with Gasteiger partial charge >= 0.3 is 0 Å². The van der Waals surface area contributed by atoms with Crippen LogP contribution in [-0.2, 0) is 16.6 Å². The van der Waals surface area contributed by atoms with E-state index < -0.39 is 0 Å². The fourth-order valence-corrected chi connectivity index (χ4v) is 2.99. The first kappa shape index (κ1) is 19.0. The van der Waals surface area contributed by atoms with Gasteiger partial charge in [0.15, 0.2) is 6.61 Å². The molecule has 0 unspecified atom stereocenters. The molecule has 0 aliphatic carbocycles. The van der Waals surface area contributed by atoms with Crippen molar-refractivity contribution >= 4 is 16.9 Å². The van der Waals surface area contributed by atoms with Gasteiger partial charge in [-0.3, -0.25) is 4.79 Å². The predicted octanol–water partition coefficient (Wildman–Crippen LogP) is 3.91. The Morgan fingerprint density at radius 2 is 1.96 bits per heavy atom. The maximum absolute atomic E-state index is 12.1. The molecule has 0 saturated heterocycles. The molecule has 5 heteroatoms. The van der Waals surface area contributed by atoms with Crippen molar-refractivity contribution in [3.63, 3.8) is 0 Å². The second-order valence-electron chi connectivity index (χ2n) is 7.84. The molecule has 1 aromatic heterocycles. The van der Waals surface area contributed by atoms with E-state index in [9.17, 15) is 4.79 Å². The van der Waals surface area contributed by atoms with E-state index in [1.807, 2.05) is 36.4 Å². The summed E-state index contributed by atoms with van der Waals surface area (Å²) in [5, 5.41) is 2.89. The number of aromatic nitrogens is 2. The van der Waals surface area contributed by atoms with Gasteiger partial charge in [0.2, 0.25) is 0 Å². The number of nitrogens with zero attached hydrogens (tertiary/aromatic N) is 1. The van der Waals surface area contributed by atoms with E-state index in [1.54, 1.807) is 0 Å². The molecule has 3 rings (SSSR count). The van der Waals surface area contributed by atoms with Crippen molar-refractivity contribution in [3.05, 3.63) is 59.4 Å². The average Bonchev–Trinajstić information content (AvgIpc) is 3.02. The fraction of sp³-hybridized carbons (Fsp3) is 0.364. The summed E-state index contributed by atoms with van der Waals surface area (Å²) in [6, 6.07) is 14.0. The Bertz CT molecular complexity index is 905. The van der Waals surface area contributed by atoms with Crippen LogP contribution in [0.2, 0.25) is 0 Å². The first-order chi connectivity index (χ1) is 12.8. The van der Waals surface area contributed by atoms with Crippen molar-refractivity contribution in [1.29, 1.82) is 0 Å². The van der Waals surface area contributed by atoms with Crippen LogP contribution in [-0.4, -0.2) is 29.0 Å². The smallest absolute Gasteiger partial charge is 0.257 e. The van der Waals surface area contributed by atoms with Crippen molar-refractivity contribution in [1.82, 2.24) is 15.3 Å². The Morgan fingerprint density at radius 1 is 1.19 bits per heavy atom. The number of aryl methyl sites for hydroxylation is 1. The Kier molecular flexibility index (Phi) is 5.49. The van der Waals surface area contributed by atoms with E-state index in [0.29, 0.717) is 13.0 Å². The van der Waals surface area contributed by atoms with Crippen molar-refractivity contribution < 1.29 is 9.53 Å². The molecule has 0 fully saturated rings. The van der Waals surface area contributed by atoms with Crippen LogP contribution in [0.1, 0.15) is 37.7 Å². The Labute approximate surface area is 160 Å². The van der Waals surface area contributed by atoms with Gasteiger partial charge in [-0.2, -0.15) is 0 Å². The van der Waals surface area contributed by atoms with Crippen LogP contribution in [0, 0.1) is 6.92 Å². The summed E-state index contributed by atoms with van der Waals surface area (Å²) in [5.74, 6) is 1.50. The van der Waals surface area contributed by atoms with Gasteiger partial charge in [0.25, 0.3) is 5.91 Å². The molecule has 27 heavy (non-hydrogen) atoms. The highest BCUT2D eigenvalue weighted by molar-refractivity contribution is 5.77. The van der Waals surface area contributed by atoms with Gasteiger partial charge in [-0.05, 0) is 36.1 Å². The second-order valence-corrected chi connectivity index (χ2v) is 7.84. The topological polar surface area (TPSA) is 67.0 Å². The summed E-state index contributed by atoms with van der Waals surface area (Å²) < 4.78 is 5.80. The van der Waals surface area contributed by atoms with Gasteiger partial charge in [0, 0.05) is 13.0 Å². The quantitative estimate of drug-likeness (QED) is 0.696. The number of hydrogen-bond donors (Lipinski definition) is 2. The normalized spacial score (nSPS) is 11.6. The van der Waals surface area contributed by atoms with E-state index in [2.05, 4.69) is 49.0 Å². The molecule has 5 nitrogen and oxygen atoms in total. The van der Waals surface area contributed by atoms with Gasteiger partial charge in [0.1, 0.15) is 11.6 Å². The maximum Gasteiger partial charge on any atom is 0.257 e. The first-order valence-corrected chi connectivity index (χ1v) is 9.27. The van der Waals surface area contributed by atoms with E-state index in [-0.39, 0.29) is 17.9 Å². The van der Waals surface area contributed by atoms with Crippen molar-refractivity contribution in [3.8, 4) is 5.75 Å². The highest BCUT2D eigenvalue weighted by Crippen LogP contribution is 2.32. The van der Waals surface area contributed by atoms with E-state index in [0.717, 1.165) is 28.2 Å². The van der Waals surface area contributed by atoms with Crippen LogP contribution in [0.25, 0.3) is 11.0 Å². The summed E-state index contributed by atoms with van der Waals surface area (Å²) in [5.41, 5.74) is 4.20. The van der Waals surface area contributed by atoms with Gasteiger partial charge in [-0.15, -0.1) is 0 Å². The number of benzene rings is 2. The average molecular weight is 365 g/mol. The van der Waals surface area contributed by atoms with Crippen LogP contribution < -0.4 is 10.1 Å². The molecule has 0 bridgehead atoms. The fourth-order valence-electron chi connectivity index (χ4n) is 2.99. The number of para-hydroxylation sites is 2. The van der Waals surface area contributed by atoms with Crippen LogP contribution in [0.15, 0.2) is 42.5 Å². The third-order valence-corrected chi connectivity index (χ3v) is 4.42. The highest BCUT2D eigenvalue weighted by Gasteiger charge is 2.19. The van der Waals surface area contributed by atoms with Gasteiger partial charge < -0.3 is 15.0 Å². The molecule has 2 aromatic carbocycles. The van der Waals surface area contributed by atoms with Crippen LogP contribution in [0.5, 0.6) is 5.75 Å². The number of amides is 1. The number of aromatic amines is 1. The van der Waals surface area contributed by atoms with Crippen molar-refractivity contribution in [2.45, 2.75) is 39.5 Å². The molecule has 0 radical (unpaired) electrons. The van der Waals surface area contributed by atoms with Crippen LogP contribution in [0.3, 0.4) is 0 Å². The molecular formula is C22H27N3O2. The van der Waals surface area contributed by atoms with Gasteiger partial charge in [0.05, 0.1) is 11.0 Å². The predicted molar refractivity (Wildman–Crippen MR) is 108 cm³/mol. The zero-order chi connectivity index (χ0) is 19.4. The zero-order valence-corrected chi connectivity index (χ0v) is 16.4. The SMILES string of the molecule is Cc1ccc(OCC(=O)NCCc2nc3ccccc3[nH]2)c(C(C)(C)C)c1. The lowest BCUT2D eigenvalue weighted by atomic mass is 9.85. The minimum absolute atomic E-state index is 0.00622. The highest BCUT2D eigenvalue weighted by atomic mass is 16.5. The Hall–Kier alpha value is -2.82. The molecule has 0 saturated carbocycles. The molecule has 3 aromatic rings. The van der Waals surface area contributed by atoms with Crippen molar-refractivity contribution in [2.75, 3.05) is 13.2 Å². The summed E-state index contributed by atoms with van der Waals surface area (Å²) in [4.78, 5) is 19.9. The third kappa shape index (κ3) is 4.88. The zero-order valence-electron chi connectivity index (χ0n) is 16.4. The van der Waals surface area contributed by atoms with Crippen molar-refractivity contribution in [2.24, 2.45) is 0 Å². The summed E-state index contributed by atoms with van der Waals surface area (Å²) in [7, 11) is 0. The minimum Gasteiger partial charge on any atom is -0.483 e. The monoisotopic (exact) mass is 365 g/mol. The summed E-state index contributed by atoms with van der Waals surface area (Å²) >= 11 is 0. The number of carbonyl (C=O) groups is 1. The number of ether oxygens (including phenoxy) is 1. The van der Waals surface area contributed by atoms with E-state index in [1.165, 1.54) is 5.56 Å². The van der Waals surface area contributed by atoms with Crippen LogP contribution in [0.4, 0.5) is 0 Å². The molecule has 0 atom stereocenters. The maximum atomic E-state index is 12.1. The van der Waals surface area contributed by atoms with Gasteiger partial charge in [-0.25, -0.2) is 4.98 Å². The molecule has 2 N–H and O–H groups in total. The molecule has 0 spiro atoms. The third-order valence-electron chi connectivity index (χ3n) is 4.42. The number of carbonyl (C=O) groups excluding carboxylic acids is 1. The minimum atomic E-state index is -0.133. The van der Waals surface area contributed by atoms with Gasteiger partial charge in [-0.1, -0.05) is 50.6 Å². The standard InChI is InChI=1S/C22H27N3O2/c1-15-9-10-19(16(13-15)22(2,3)4)27-14-21(26)23-12-11-20-24-17-7-5-6-8-18(17)25-20/h5-10,13H,11-12,14H2,1-4H3,(H,23,26)(H,24,25). The number of fused-ring (bicyclic) bond motifs is 1. The lowest BCUT2D eigenvalue weighted by Crippen LogP contribution is -2.31. The molecule has 142 valence electrons. The largest absolute Gasteiger partial charge is 0.483 e. The lowest BCUT2D eigenvalue weighted by Gasteiger charge is -2.23. The number of nitrogens with one attached hydrogen (secondary N) is 2. The summed E-state index contributed by atoms with van der Waals surface area (Å²) in [6.45, 7) is 9.00. The lowest BCUT2D eigenvalue weighted by molar-refractivity contribution is -0.123. The molecular weight excluding hydrogens is 338 g/mol. The second kappa shape index (κ2) is 7.82. The first-order valence-electron chi connectivity index (χ1n) is 9.27. The number of hydrogen-bond acceptors (Lipinski definition) is 3. The summed E-state index contributed by atoms with van der Waals surface area (Å²) in [6.07, 6.45) is 0.651. The number of imidazole rings is 1.